The van der Waals surface area contributed by atoms with Crippen LogP contribution in [0.15, 0.2) is 108 Å². The summed E-state index contributed by atoms with van der Waals surface area (Å²) in [4.78, 5) is 5.18. The summed E-state index contributed by atoms with van der Waals surface area (Å²) < 4.78 is 0. The highest BCUT2D eigenvalue weighted by Crippen LogP contribution is 2.45. The predicted octanol–water partition coefficient (Wildman–Crippen LogP) is 7.25. The van der Waals surface area contributed by atoms with Gasteiger partial charge >= 0.3 is 0 Å². The van der Waals surface area contributed by atoms with Crippen molar-refractivity contribution in [3.8, 4) is 0 Å². The van der Waals surface area contributed by atoms with E-state index in [9.17, 15) is 0 Å². The molecule has 0 fully saturated rings. The van der Waals surface area contributed by atoms with E-state index >= 15 is 0 Å². The van der Waals surface area contributed by atoms with E-state index < -0.39 is 6.04 Å². The number of anilines is 1. The Hall–Kier alpha value is -3.00. The number of rotatable bonds is 5. The molecule has 0 bridgehead atoms. The highest BCUT2D eigenvalue weighted by atomic mass is 32.4. The van der Waals surface area contributed by atoms with Crippen LogP contribution in [0.5, 0.6) is 0 Å². The Balaban J connectivity index is 1.91. The van der Waals surface area contributed by atoms with Crippen LogP contribution in [-0.2, 0) is 11.8 Å². The van der Waals surface area contributed by atoms with Crippen LogP contribution >= 0.6 is 6.04 Å². The standard InChI is InChI=1S/C31H33N2PS/c1-23-15-14-16-24(2)29(23)33-30(31(3,4)5)32-27-21-12-13-22-28(27)34(35,25-17-8-6-9-18-25)26-19-10-7-11-20-26/h6-22H,1-5H3,(H,32,33). The molecule has 0 aliphatic carbocycles. The molecule has 2 nitrogen and oxygen atoms in total. The summed E-state index contributed by atoms with van der Waals surface area (Å²) in [6.45, 7) is 10.8. The topological polar surface area (TPSA) is 24.4 Å². The zero-order chi connectivity index (χ0) is 25.1. The van der Waals surface area contributed by atoms with Gasteiger partial charge in [0, 0.05) is 22.4 Å². The first-order valence-corrected chi connectivity index (χ1v) is 14.7. The van der Waals surface area contributed by atoms with Gasteiger partial charge in [0.1, 0.15) is 5.84 Å². The van der Waals surface area contributed by atoms with Crippen molar-refractivity contribution in [2.75, 3.05) is 5.32 Å². The zero-order valence-electron chi connectivity index (χ0n) is 21.1. The molecule has 4 aromatic rings. The zero-order valence-corrected chi connectivity index (χ0v) is 22.8. The molecule has 4 rings (SSSR count). The number of benzene rings is 4. The molecule has 0 aliphatic rings. The fourth-order valence-corrected chi connectivity index (χ4v) is 8.17. The Morgan fingerprint density at radius 3 is 1.69 bits per heavy atom. The molecule has 0 spiro atoms. The van der Waals surface area contributed by atoms with Gasteiger partial charge in [-0.25, -0.2) is 4.99 Å². The molecular formula is C31H33N2PS. The minimum Gasteiger partial charge on any atom is -0.343 e. The predicted molar refractivity (Wildman–Crippen MR) is 159 cm³/mol. The highest BCUT2D eigenvalue weighted by molar-refractivity contribution is 8.25. The molecule has 0 unspecified atom stereocenters. The molecule has 178 valence electrons. The largest absolute Gasteiger partial charge is 0.343 e. The second-order valence-electron chi connectivity index (χ2n) is 9.87. The van der Waals surface area contributed by atoms with Gasteiger partial charge in [-0.1, -0.05) is 130 Å². The lowest BCUT2D eigenvalue weighted by Gasteiger charge is -2.29. The molecule has 0 saturated heterocycles. The summed E-state index contributed by atoms with van der Waals surface area (Å²) in [6.07, 6.45) is 0. The van der Waals surface area contributed by atoms with Crippen LogP contribution < -0.4 is 21.2 Å². The lowest BCUT2D eigenvalue weighted by molar-refractivity contribution is 0.590. The highest BCUT2D eigenvalue weighted by Gasteiger charge is 2.29. The van der Waals surface area contributed by atoms with Crippen LogP contribution in [-0.4, -0.2) is 5.84 Å². The number of amidine groups is 1. The maximum absolute atomic E-state index is 6.64. The van der Waals surface area contributed by atoms with Gasteiger partial charge in [-0.15, -0.1) is 0 Å². The molecule has 0 atom stereocenters. The van der Waals surface area contributed by atoms with E-state index in [0.29, 0.717) is 0 Å². The van der Waals surface area contributed by atoms with Gasteiger partial charge in [0.25, 0.3) is 0 Å². The van der Waals surface area contributed by atoms with Crippen molar-refractivity contribution in [3.05, 3.63) is 114 Å². The maximum atomic E-state index is 6.64. The normalized spacial score (nSPS) is 12.4. The van der Waals surface area contributed by atoms with E-state index in [1.807, 2.05) is 12.1 Å². The van der Waals surface area contributed by atoms with E-state index in [4.69, 9.17) is 16.8 Å². The Kier molecular flexibility index (Phi) is 7.40. The summed E-state index contributed by atoms with van der Waals surface area (Å²) in [5.41, 5.74) is 4.18. The van der Waals surface area contributed by atoms with E-state index in [0.717, 1.165) is 22.5 Å². The van der Waals surface area contributed by atoms with Crippen LogP contribution in [0.25, 0.3) is 0 Å². The fraction of sp³-hybridized carbons (Fsp3) is 0.194. The minimum atomic E-state index is -2.31. The van der Waals surface area contributed by atoms with E-state index in [2.05, 4.69) is 131 Å². The monoisotopic (exact) mass is 496 g/mol. The number of hydrogen-bond donors (Lipinski definition) is 1. The number of aryl methyl sites for hydroxylation is 2. The van der Waals surface area contributed by atoms with E-state index in [-0.39, 0.29) is 5.41 Å². The first-order chi connectivity index (χ1) is 16.7. The van der Waals surface area contributed by atoms with Crippen LogP contribution in [0.4, 0.5) is 11.4 Å². The Bertz CT molecular complexity index is 1320. The van der Waals surface area contributed by atoms with Crippen molar-refractivity contribution in [1.82, 2.24) is 0 Å². The molecule has 0 heterocycles. The third-order valence-electron chi connectivity index (χ3n) is 6.11. The Morgan fingerprint density at radius 1 is 0.686 bits per heavy atom. The fourth-order valence-electron chi connectivity index (χ4n) is 4.16. The van der Waals surface area contributed by atoms with E-state index in [1.165, 1.54) is 21.7 Å². The Labute approximate surface area is 215 Å². The SMILES string of the molecule is Cc1cccc(C)c1N=C(Nc1ccccc1P(=S)(c1ccccc1)c1ccccc1)C(C)(C)C. The summed E-state index contributed by atoms with van der Waals surface area (Å²) in [5.74, 6) is 0.921. The van der Waals surface area contributed by atoms with Gasteiger partial charge in [0.15, 0.2) is 0 Å². The average Bonchev–Trinajstić information content (AvgIpc) is 2.86. The summed E-state index contributed by atoms with van der Waals surface area (Å²) >= 11 is 6.64. The van der Waals surface area contributed by atoms with Crippen molar-refractivity contribution in [1.29, 1.82) is 0 Å². The summed E-state index contributed by atoms with van der Waals surface area (Å²) in [5, 5.41) is 7.25. The van der Waals surface area contributed by atoms with Gasteiger partial charge in [0.05, 0.1) is 5.69 Å². The average molecular weight is 497 g/mol. The molecular weight excluding hydrogens is 463 g/mol. The molecule has 4 heteroatoms. The smallest absolute Gasteiger partial charge is 0.112 e. The van der Waals surface area contributed by atoms with Gasteiger partial charge < -0.3 is 5.32 Å². The summed E-state index contributed by atoms with van der Waals surface area (Å²) in [6, 6.07) is 33.6. The van der Waals surface area contributed by atoms with Crippen molar-refractivity contribution < 1.29 is 0 Å². The lowest BCUT2D eigenvalue weighted by Crippen LogP contribution is -2.32. The lowest BCUT2D eigenvalue weighted by atomic mass is 9.94. The first-order valence-electron chi connectivity index (χ1n) is 11.9. The molecule has 0 aromatic heterocycles. The molecule has 0 radical (unpaired) electrons. The second-order valence-corrected chi connectivity index (χ2v) is 14.2. The molecule has 4 aromatic carbocycles. The van der Waals surface area contributed by atoms with Gasteiger partial charge in [0.2, 0.25) is 0 Å². The van der Waals surface area contributed by atoms with Crippen LogP contribution in [0.2, 0.25) is 0 Å². The van der Waals surface area contributed by atoms with Crippen LogP contribution in [0.3, 0.4) is 0 Å². The number of aliphatic imine (C=N–C) groups is 1. The van der Waals surface area contributed by atoms with Crippen molar-refractivity contribution in [3.63, 3.8) is 0 Å². The Morgan fingerprint density at radius 2 is 1.17 bits per heavy atom. The van der Waals surface area contributed by atoms with Gasteiger partial charge in [-0.05, 0) is 41.6 Å². The number of para-hydroxylation sites is 2. The molecule has 0 aliphatic heterocycles. The maximum Gasteiger partial charge on any atom is 0.112 e. The number of nitrogens with zero attached hydrogens (tertiary/aromatic N) is 1. The third-order valence-corrected chi connectivity index (χ3v) is 11.1. The number of hydrogen-bond acceptors (Lipinski definition) is 2. The van der Waals surface area contributed by atoms with Gasteiger partial charge in [-0.2, -0.15) is 0 Å². The third kappa shape index (κ3) is 5.32. The van der Waals surface area contributed by atoms with Gasteiger partial charge in [-0.3, -0.25) is 0 Å². The first kappa shape index (κ1) is 25.1. The molecule has 1 N–H and O–H groups in total. The summed E-state index contributed by atoms with van der Waals surface area (Å²) in [7, 11) is 0. The van der Waals surface area contributed by atoms with Crippen LogP contribution in [0.1, 0.15) is 31.9 Å². The molecule has 0 amide bonds. The minimum absolute atomic E-state index is 0.191. The van der Waals surface area contributed by atoms with Crippen LogP contribution in [0, 0.1) is 19.3 Å². The quantitative estimate of drug-likeness (QED) is 0.179. The molecule has 35 heavy (non-hydrogen) atoms. The van der Waals surface area contributed by atoms with Crippen molar-refractivity contribution >= 4 is 51.0 Å². The van der Waals surface area contributed by atoms with Crippen molar-refractivity contribution in [2.45, 2.75) is 34.6 Å². The van der Waals surface area contributed by atoms with Crippen molar-refractivity contribution in [2.24, 2.45) is 10.4 Å². The second kappa shape index (κ2) is 10.3. The molecule has 0 saturated carbocycles. The van der Waals surface area contributed by atoms with E-state index in [1.54, 1.807) is 0 Å². The number of nitrogens with one attached hydrogen (secondary N) is 1.